The number of fused-ring (bicyclic) bond motifs is 1. The molecule has 8 nitrogen and oxygen atoms in total. The van der Waals surface area contributed by atoms with Crippen LogP contribution in [0.5, 0.6) is 5.75 Å². The topological polar surface area (TPSA) is 76.9 Å². The van der Waals surface area contributed by atoms with Crippen LogP contribution in [-0.4, -0.2) is 69.3 Å². The zero-order valence-corrected chi connectivity index (χ0v) is 24.2. The number of para-hydroxylation sites is 1. The maximum Gasteiger partial charge on any atom is 0.188 e. The molecule has 1 aromatic carbocycles. The average molecular weight is 579 g/mol. The summed E-state index contributed by atoms with van der Waals surface area (Å²) in [6.45, 7) is 10.4. The SMILES string of the molecule is COCOc1ccccc1-c1cc2c(CCOC3CCOC3)c(Br)n(COCC[Si](C)(C)C)c2nn1. The van der Waals surface area contributed by atoms with Crippen molar-refractivity contribution in [3.05, 3.63) is 40.5 Å². The van der Waals surface area contributed by atoms with Crippen molar-refractivity contribution in [2.24, 2.45) is 0 Å². The van der Waals surface area contributed by atoms with Gasteiger partial charge in [-0.2, -0.15) is 0 Å². The van der Waals surface area contributed by atoms with Crippen molar-refractivity contribution in [3.8, 4) is 17.0 Å². The van der Waals surface area contributed by atoms with Crippen molar-refractivity contribution < 1.29 is 23.7 Å². The summed E-state index contributed by atoms with van der Waals surface area (Å²) in [5, 5.41) is 10.2. The van der Waals surface area contributed by atoms with Gasteiger partial charge in [-0.3, -0.25) is 4.57 Å². The monoisotopic (exact) mass is 577 g/mol. The minimum absolute atomic E-state index is 0.164. The zero-order valence-electron chi connectivity index (χ0n) is 21.6. The number of benzene rings is 1. The van der Waals surface area contributed by atoms with Crippen LogP contribution in [0.1, 0.15) is 12.0 Å². The largest absolute Gasteiger partial charge is 0.467 e. The molecule has 0 bridgehead atoms. The van der Waals surface area contributed by atoms with Crippen molar-refractivity contribution >= 4 is 35.0 Å². The summed E-state index contributed by atoms with van der Waals surface area (Å²) in [6.07, 6.45) is 1.85. The molecule has 0 N–H and O–H groups in total. The van der Waals surface area contributed by atoms with Crippen molar-refractivity contribution in [3.63, 3.8) is 0 Å². The van der Waals surface area contributed by atoms with Gasteiger partial charge in [0.25, 0.3) is 0 Å². The molecular formula is C26H36BrN3O5Si. The third-order valence-corrected chi connectivity index (χ3v) is 8.76. The first-order chi connectivity index (χ1) is 17.4. The Morgan fingerprint density at radius 3 is 2.75 bits per heavy atom. The number of hydrogen-bond acceptors (Lipinski definition) is 7. The molecule has 0 spiro atoms. The highest BCUT2D eigenvalue weighted by atomic mass is 79.9. The number of rotatable bonds is 13. The second kappa shape index (κ2) is 12.6. The van der Waals surface area contributed by atoms with Crippen LogP contribution in [0.2, 0.25) is 25.7 Å². The van der Waals surface area contributed by atoms with Gasteiger partial charge in [-0.25, -0.2) is 0 Å². The lowest BCUT2D eigenvalue weighted by Crippen LogP contribution is -2.22. The molecule has 4 rings (SSSR count). The molecule has 1 aliphatic heterocycles. The molecule has 1 unspecified atom stereocenters. The van der Waals surface area contributed by atoms with Gasteiger partial charge in [-0.1, -0.05) is 31.8 Å². The minimum Gasteiger partial charge on any atom is -0.467 e. The van der Waals surface area contributed by atoms with Gasteiger partial charge in [0.2, 0.25) is 0 Å². The van der Waals surface area contributed by atoms with Crippen LogP contribution in [0.15, 0.2) is 34.9 Å². The zero-order chi connectivity index (χ0) is 25.5. The maximum absolute atomic E-state index is 6.08. The van der Waals surface area contributed by atoms with E-state index in [9.17, 15) is 0 Å². The van der Waals surface area contributed by atoms with E-state index in [-0.39, 0.29) is 12.9 Å². The van der Waals surface area contributed by atoms with Crippen LogP contribution in [-0.2, 0) is 32.1 Å². The number of nitrogens with zero attached hydrogens (tertiary/aromatic N) is 3. The van der Waals surface area contributed by atoms with Gasteiger partial charge >= 0.3 is 0 Å². The summed E-state index contributed by atoms with van der Waals surface area (Å²) in [7, 11) is 0.434. The Labute approximate surface area is 222 Å². The Morgan fingerprint density at radius 2 is 2.00 bits per heavy atom. The molecule has 2 aromatic heterocycles. The van der Waals surface area contributed by atoms with Gasteiger partial charge in [0.1, 0.15) is 12.5 Å². The Morgan fingerprint density at radius 1 is 1.17 bits per heavy atom. The highest BCUT2D eigenvalue weighted by molar-refractivity contribution is 9.10. The van der Waals surface area contributed by atoms with E-state index < -0.39 is 8.07 Å². The molecular weight excluding hydrogens is 542 g/mol. The van der Waals surface area contributed by atoms with Crippen LogP contribution in [0.3, 0.4) is 0 Å². The molecule has 1 saturated heterocycles. The van der Waals surface area contributed by atoms with Gasteiger partial charge in [-0.05, 0) is 58.6 Å². The summed E-state index contributed by atoms with van der Waals surface area (Å²) >= 11 is 3.83. The molecule has 3 heterocycles. The first kappa shape index (κ1) is 27.2. The highest BCUT2D eigenvalue weighted by Crippen LogP contribution is 2.34. The lowest BCUT2D eigenvalue weighted by Gasteiger charge is -2.16. The predicted molar refractivity (Wildman–Crippen MR) is 146 cm³/mol. The van der Waals surface area contributed by atoms with Crippen LogP contribution in [0.4, 0.5) is 0 Å². The van der Waals surface area contributed by atoms with Gasteiger partial charge in [-0.15, -0.1) is 10.2 Å². The fourth-order valence-electron chi connectivity index (χ4n) is 4.09. The highest BCUT2D eigenvalue weighted by Gasteiger charge is 2.21. The predicted octanol–water partition coefficient (Wildman–Crippen LogP) is 5.50. The first-order valence-corrected chi connectivity index (χ1v) is 16.9. The van der Waals surface area contributed by atoms with Gasteiger partial charge in [0.15, 0.2) is 12.4 Å². The van der Waals surface area contributed by atoms with Crippen molar-refractivity contribution in [1.82, 2.24) is 14.8 Å². The smallest absolute Gasteiger partial charge is 0.188 e. The molecule has 10 heteroatoms. The van der Waals surface area contributed by atoms with Gasteiger partial charge < -0.3 is 23.7 Å². The Balaban J connectivity index is 1.63. The third-order valence-electron chi connectivity index (χ3n) is 6.15. The molecule has 196 valence electrons. The fraction of sp³-hybridized carbons (Fsp3) is 0.538. The van der Waals surface area contributed by atoms with Crippen molar-refractivity contribution in [1.29, 1.82) is 0 Å². The van der Waals surface area contributed by atoms with Gasteiger partial charge in [0.05, 0.1) is 29.6 Å². The van der Waals surface area contributed by atoms with E-state index in [2.05, 4.69) is 56.4 Å². The molecule has 0 amide bonds. The van der Waals surface area contributed by atoms with Gasteiger partial charge in [0, 0.05) is 39.3 Å². The fourth-order valence-corrected chi connectivity index (χ4v) is 5.53. The average Bonchev–Trinajstić information content (AvgIpc) is 3.46. The second-order valence-corrected chi connectivity index (χ2v) is 16.5. The molecule has 0 saturated carbocycles. The summed E-state index contributed by atoms with van der Waals surface area (Å²) in [6, 6.07) is 11.0. The van der Waals surface area contributed by atoms with E-state index in [0.29, 0.717) is 25.7 Å². The van der Waals surface area contributed by atoms with E-state index in [1.54, 1.807) is 7.11 Å². The quantitative estimate of drug-likeness (QED) is 0.151. The number of aromatic nitrogens is 3. The van der Waals surface area contributed by atoms with E-state index in [0.717, 1.165) is 64.6 Å². The van der Waals surface area contributed by atoms with Crippen LogP contribution in [0, 0.1) is 0 Å². The number of halogens is 1. The minimum atomic E-state index is -1.17. The van der Waals surface area contributed by atoms with Crippen molar-refractivity contribution in [2.45, 2.75) is 51.4 Å². The maximum atomic E-state index is 6.08. The molecule has 36 heavy (non-hydrogen) atoms. The molecule has 3 aromatic rings. The molecule has 1 fully saturated rings. The number of ether oxygens (including phenoxy) is 5. The Kier molecular flexibility index (Phi) is 9.54. The van der Waals surface area contributed by atoms with Crippen LogP contribution < -0.4 is 4.74 Å². The second-order valence-electron chi connectivity index (χ2n) is 10.2. The molecule has 0 radical (unpaired) electrons. The summed E-state index contributed by atoms with van der Waals surface area (Å²) in [4.78, 5) is 0. The lowest BCUT2D eigenvalue weighted by molar-refractivity contribution is 0.0445. The van der Waals surface area contributed by atoms with Crippen LogP contribution in [0.25, 0.3) is 22.3 Å². The van der Waals surface area contributed by atoms with E-state index in [1.807, 2.05) is 24.3 Å². The van der Waals surface area contributed by atoms with Crippen LogP contribution >= 0.6 is 15.9 Å². The molecule has 0 aliphatic carbocycles. The first-order valence-electron chi connectivity index (χ1n) is 12.4. The van der Waals surface area contributed by atoms with E-state index in [1.165, 1.54) is 0 Å². The standard InChI is InChI=1S/C26H36BrN3O5Si/c1-31-18-35-24-8-6-5-7-21(24)23-15-22-20(10-12-34-19-9-11-32-16-19)25(27)30(26(22)29-28-23)17-33-13-14-36(2,3)4/h5-8,15,19H,9-14,16-18H2,1-4H3. The summed E-state index contributed by atoms with van der Waals surface area (Å²) in [5.74, 6) is 0.701. The summed E-state index contributed by atoms with van der Waals surface area (Å²) in [5.41, 5.74) is 3.52. The molecule has 1 aliphatic rings. The van der Waals surface area contributed by atoms with E-state index in [4.69, 9.17) is 23.7 Å². The summed E-state index contributed by atoms with van der Waals surface area (Å²) < 4.78 is 31.5. The van der Waals surface area contributed by atoms with Crippen molar-refractivity contribution in [2.75, 3.05) is 40.3 Å². The Bertz CT molecular complexity index is 1140. The number of hydrogen-bond donors (Lipinski definition) is 0. The number of methoxy groups -OCH3 is 1. The lowest BCUT2D eigenvalue weighted by atomic mass is 10.1. The Hall–Kier alpha value is -1.82. The normalized spacial score (nSPS) is 16.2. The third kappa shape index (κ3) is 6.93. The van der Waals surface area contributed by atoms with E-state index >= 15 is 0 Å². The molecule has 1 atom stereocenters.